The lowest BCUT2D eigenvalue weighted by atomic mass is 10.1. The fourth-order valence-corrected chi connectivity index (χ4v) is 8.10. The molecule has 0 atom stereocenters. The smallest absolute Gasteiger partial charge is 0.338 e. The molecule has 0 aliphatic rings. The Hall–Kier alpha value is -0.430. The predicted molar refractivity (Wildman–Crippen MR) is 116 cm³/mol. The topological polar surface area (TPSA) is 37.3 Å². The predicted octanol–water partition coefficient (Wildman–Crippen LogP) is 8.32. The highest BCUT2D eigenvalue weighted by atomic mass is 79.9. The fraction of sp³-hybridized carbons (Fsp3) is 0.526. The molecule has 2 nitrogen and oxygen atoms in total. The molecule has 0 fully saturated rings. The molecule has 0 aliphatic carbocycles. The van der Waals surface area contributed by atoms with E-state index in [0.29, 0.717) is 5.56 Å². The van der Waals surface area contributed by atoms with Crippen molar-refractivity contribution in [1.82, 2.24) is 0 Å². The summed E-state index contributed by atoms with van der Waals surface area (Å²) in [7, 11) is 0. The summed E-state index contributed by atoms with van der Waals surface area (Å²) in [4.78, 5) is 12.9. The van der Waals surface area contributed by atoms with E-state index in [4.69, 9.17) is 0 Å². The molecule has 0 saturated carbocycles. The van der Waals surface area contributed by atoms with Crippen molar-refractivity contribution in [3.8, 4) is 0 Å². The van der Waals surface area contributed by atoms with Gasteiger partial charge in [0.1, 0.15) is 0 Å². The molecule has 0 aliphatic heterocycles. The highest BCUT2D eigenvalue weighted by molar-refractivity contribution is 9.11. The molecule has 0 aromatic carbocycles. The van der Waals surface area contributed by atoms with Gasteiger partial charge in [0, 0.05) is 9.58 Å². The van der Waals surface area contributed by atoms with Crippen LogP contribution in [-0.4, -0.2) is 11.1 Å². The molecular weight excluding hydrogens is 436 g/mol. The van der Waals surface area contributed by atoms with Crippen molar-refractivity contribution >= 4 is 74.7 Å². The van der Waals surface area contributed by atoms with E-state index in [1.54, 1.807) is 34.0 Å². The number of hydrogen-bond acceptors (Lipinski definition) is 4. The first-order valence-electron chi connectivity index (χ1n) is 8.98. The molecule has 0 saturated heterocycles. The van der Waals surface area contributed by atoms with E-state index >= 15 is 0 Å². The molecule has 0 bridgehead atoms. The van der Waals surface area contributed by atoms with Crippen molar-refractivity contribution in [1.29, 1.82) is 0 Å². The number of rotatable bonds is 10. The first-order chi connectivity index (χ1) is 12.1. The minimum atomic E-state index is -0.770. The zero-order valence-electron chi connectivity index (χ0n) is 14.4. The summed E-state index contributed by atoms with van der Waals surface area (Å²) in [6.07, 6.45) is 11.1. The molecule has 25 heavy (non-hydrogen) atoms. The molecule has 3 heterocycles. The number of unbranched alkanes of at least 4 members (excludes halogenated alkanes) is 7. The third kappa shape index (κ3) is 4.46. The monoisotopic (exact) mass is 458 g/mol. The maximum atomic E-state index is 11.8. The number of thiophene rings is 3. The Morgan fingerprint density at radius 3 is 2.32 bits per heavy atom. The Bertz CT molecular complexity index is 859. The van der Waals surface area contributed by atoms with E-state index in [-0.39, 0.29) is 0 Å². The summed E-state index contributed by atoms with van der Waals surface area (Å²) < 4.78 is 5.69. The summed E-state index contributed by atoms with van der Waals surface area (Å²) >= 11 is 8.57. The van der Waals surface area contributed by atoms with Crippen molar-refractivity contribution < 1.29 is 9.90 Å². The quantitative estimate of drug-likeness (QED) is 0.310. The van der Waals surface area contributed by atoms with E-state index in [9.17, 15) is 9.90 Å². The lowest BCUT2D eigenvalue weighted by Gasteiger charge is -2.02. The second-order valence-electron chi connectivity index (χ2n) is 6.43. The summed E-state index contributed by atoms with van der Waals surface area (Å²) in [5.41, 5.74) is 0.562. The molecule has 0 amide bonds. The van der Waals surface area contributed by atoms with Gasteiger partial charge in [-0.1, -0.05) is 51.9 Å². The Labute approximate surface area is 169 Å². The largest absolute Gasteiger partial charge is 0.478 e. The highest BCUT2D eigenvalue weighted by Crippen LogP contribution is 2.47. The number of carbonyl (C=O) groups is 1. The zero-order valence-corrected chi connectivity index (χ0v) is 18.4. The van der Waals surface area contributed by atoms with Crippen LogP contribution in [0.3, 0.4) is 0 Å². The maximum absolute atomic E-state index is 11.8. The lowest BCUT2D eigenvalue weighted by Crippen LogP contribution is -1.98. The minimum Gasteiger partial charge on any atom is -0.478 e. The van der Waals surface area contributed by atoms with Crippen molar-refractivity contribution in [2.75, 3.05) is 0 Å². The minimum absolute atomic E-state index is 0.562. The first kappa shape index (κ1) is 19.3. The van der Waals surface area contributed by atoms with Gasteiger partial charge in [-0.05, 0) is 34.8 Å². The Morgan fingerprint density at radius 2 is 1.64 bits per heavy atom. The third-order valence-corrected chi connectivity index (χ3v) is 8.96. The van der Waals surface area contributed by atoms with Crippen LogP contribution < -0.4 is 0 Å². The van der Waals surface area contributed by atoms with Crippen LogP contribution in [0.15, 0.2) is 9.85 Å². The number of halogens is 1. The average molecular weight is 459 g/mol. The van der Waals surface area contributed by atoms with Crippen LogP contribution >= 0.6 is 49.9 Å². The molecule has 3 aromatic rings. The molecule has 1 N–H and O–H groups in total. The summed E-state index contributed by atoms with van der Waals surface area (Å²) in [5, 5.41) is 9.70. The molecule has 0 spiro atoms. The second kappa shape index (κ2) is 8.98. The Balaban J connectivity index is 1.64. The summed E-state index contributed by atoms with van der Waals surface area (Å²) in [5.74, 6) is -0.770. The molecule has 3 rings (SSSR count). The molecule has 6 heteroatoms. The van der Waals surface area contributed by atoms with Crippen LogP contribution in [0.1, 0.15) is 73.5 Å². The number of aryl methyl sites for hydroxylation is 1. The number of fused-ring (bicyclic) bond motifs is 3. The van der Waals surface area contributed by atoms with Crippen molar-refractivity contribution in [3.05, 3.63) is 20.3 Å². The molecular formula is C19H23BrO2S3. The van der Waals surface area contributed by atoms with E-state index in [1.807, 2.05) is 0 Å². The van der Waals surface area contributed by atoms with Gasteiger partial charge in [0.15, 0.2) is 0 Å². The fourth-order valence-electron chi connectivity index (χ4n) is 3.21. The van der Waals surface area contributed by atoms with Gasteiger partial charge in [0.25, 0.3) is 0 Å². The van der Waals surface area contributed by atoms with Gasteiger partial charge in [0.2, 0.25) is 0 Å². The number of carboxylic acids is 1. The van der Waals surface area contributed by atoms with Crippen LogP contribution in [0.25, 0.3) is 18.8 Å². The SMILES string of the molecule is CCCCCCCCCCc1sc2c(sc3cc(Br)sc32)c1C(=O)O. The zero-order chi connectivity index (χ0) is 17.8. The van der Waals surface area contributed by atoms with Gasteiger partial charge in [-0.15, -0.1) is 34.0 Å². The van der Waals surface area contributed by atoms with Gasteiger partial charge in [-0.2, -0.15) is 0 Å². The van der Waals surface area contributed by atoms with Crippen molar-refractivity contribution in [2.24, 2.45) is 0 Å². The highest BCUT2D eigenvalue weighted by Gasteiger charge is 2.22. The van der Waals surface area contributed by atoms with Crippen molar-refractivity contribution in [3.63, 3.8) is 0 Å². The van der Waals surface area contributed by atoms with Crippen LogP contribution in [0.4, 0.5) is 0 Å². The first-order valence-corrected chi connectivity index (χ1v) is 12.2. The maximum Gasteiger partial charge on any atom is 0.338 e. The molecule has 0 unspecified atom stereocenters. The van der Waals surface area contributed by atoms with Gasteiger partial charge < -0.3 is 5.11 Å². The Kier molecular flexibility index (Phi) is 6.94. The van der Waals surface area contributed by atoms with Gasteiger partial charge >= 0.3 is 5.97 Å². The number of aromatic carboxylic acids is 1. The van der Waals surface area contributed by atoms with E-state index in [1.165, 1.54) is 59.0 Å². The van der Waals surface area contributed by atoms with E-state index in [2.05, 4.69) is 28.9 Å². The third-order valence-electron chi connectivity index (χ3n) is 4.49. The van der Waals surface area contributed by atoms with E-state index < -0.39 is 5.97 Å². The van der Waals surface area contributed by atoms with Crippen LogP contribution in [0.5, 0.6) is 0 Å². The Morgan fingerprint density at radius 1 is 0.960 bits per heavy atom. The van der Waals surface area contributed by atoms with E-state index in [0.717, 1.165) is 26.2 Å². The van der Waals surface area contributed by atoms with Crippen LogP contribution in [0, 0.1) is 0 Å². The standard InChI is InChI=1S/C19H23BrO2S3/c1-2-3-4-5-6-7-8-9-10-12-15(19(21)22)17-18(23-12)16-13(24-17)11-14(20)25-16/h11H,2-10H2,1H3,(H,21,22). The number of hydrogen-bond donors (Lipinski definition) is 1. The summed E-state index contributed by atoms with van der Waals surface area (Å²) in [6.45, 7) is 2.24. The van der Waals surface area contributed by atoms with Gasteiger partial charge in [-0.25, -0.2) is 4.79 Å². The normalized spacial score (nSPS) is 11.8. The molecule has 3 aromatic heterocycles. The van der Waals surface area contributed by atoms with Gasteiger partial charge in [0.05, 0.1) is 23.4 Å². The lowest BCUT2D eigenvalue weighted by molar-refractivity contribution is 0.0698. The van der Waals surface area contributed by atoms with Crippen LogP contribution in [0.2, 0.25) is 0 Å². The summed E-state index contributed by atoms with van der Waals surface area (Å²) in [6, 6.07) is 2.10. The van der Waals surface area contributed by atoms with Crippen LogP contribution in [-0.2, 0) is 6.42 Å². The molecule has 136 valence electrons. The second-order valence-corrected chi connectivity index (χ2v) is 11.0. The van der Waals surface area contributed by atoms with Crippen molar-refractivity contribution in [2.45, 2.75) is 64.7 Å². The van der Waals surface area contributed by atoms with Gasteiger partial charge in [-0.3, -0.25) is 0 Å². The molecule has 0 radical (unpaired) electrons. The average Bonchev–Trinajstić information content (AvgIpc) is 3.18. The number of carboxylic acid groups (broad SMARTS) is 1.